The summed E-state index contributed by atoms with van der Waals surface area (Å²) < 4.78 is 27.4. The number of hydrogen-bond donors (Lipinski definition) is 1. The minimum absolute atomic E-state index is 0. The van der Waals surface area contributed by atoms with Crippen molar-refractivity contribution in [3.05, 3.63) is 28.7 Å². The van der Waals surface area contributed by atoms with E-state index in [1.807, 2.05) is 6.92 Å². The average molecular weight is 384 g/mol. The molecule has 7 heteroatoms. The Morgan fingerprint density at radius 1 is 1.25 bits per heavy atom. The number of hydrogen-bond acceptors (Lipinski definition) is 3. The molecule has 1 fully saturated rings. The van der Waals surface area contributed by atoms with E-state index in [-0.39, 0.29) is 18.4 Å². The third-order valence-electron chi connectivity index (χ3n) is 3.69. The first-order valence-corrected chi connectivity index (χ1v) is 8.66. The summed E-state index contributed by atoms with van der Waals surface area (Å²) in [6.07, 6.45) is 1.68. The second-order valence-corrected chi connectivity index (χ2v) is 7.91. The lowest BCUT2D eigenvalue weighted by Gasteiger charge is -2.32. The zero-order valence-electron chi connectivity index (χ0n) is 11.3. The zero-order valence-corrected chi connectivity index (χ0v) is 14.5. The van der Waals surface area contributed by atoms with Gasteiger partial charge in [-0.3, -0.25) is 0 Å². The minimum Gasteiger partial charge on any atom is -0.328 e. The topological polar surface area (TPSA) is 63.4 Å². The lowest BCUT2D eigenvalue weighted by Crippen LogP contribution is -2.42. The van der Waals surface area contributed by atoms with Gasteiger partial charge in [0.25, 0.3) is 0 Å². The maximum atomic E-state index is 12.5. The van der Waals surface area contributed by atoms with Crippen LogP contribution in [-0.2, 0) is 10.0 Å². The van der Waals surface area contributed by atoms with Crippen LogP contribution in [0.3, 0.4) is 0 Å². The largest absolute Gasteiger partial charge is 0.328 e. The summed E-state index contributed by atoms with van der Waals surface area (Å²) in [5.41, 5.74) is 5.88. The van der Waals surface area contributed by atoms with Crippen LogP contribution in [0.5, 0.6) is 0 Å². The van der Waals surface area contributed by atoms with Crippen molar-refractivity contribution >= 4 is 38.4 Å². The predicted molar refractivity (Wildman–Crippen MR) is 86.5 cm³/mol. The molecule has 1 aromatic carbocycles. The van der Waals surface area contributed by atoms with Crippen LogP contribution in [0.1, 0.15) is 19.8 Å². The number of piperidine rings is 1. The van der Waals surface area contributed by atoms with Crippen LogP contribution in [0.4, 0.5) is 0 Å². The van der Waals surface area contributed by atoms with Gasteiger partial charge in [-0.25, -0.2) is 8.42 Å². The first kappa shape index (κ1) is 17.9. The van der Waals surface area contributed by atoms with Crippen LogP contribution in [0.2, 0.25) is 0 Å². The molecule has 2 N–H and O–H groups in total. The quantitative estimate of drug-likeness (QED) is 0.872. The van der Waals surface area contributed by atoms with Gasteiger partial charge in [0.2, 0.25) is 10.0 Å². The van der Waals surface area contributed by atoms with E-state index in [4.69, 9.17) is 5.73 Å². The van der Waals surface area contributed by atoms with E-state index in [0.29, 0.717) is 23.9 Å². The Hall–Kier alpha value is -0.140. The Kier molecular flexibility index (Phi) is 6.47. The molecule has 1 saturated heterocycles. The molecule has 1 aromatic rings. The highest BCUT2D eigenvalue weighted by Crippen LogP contribution is 2.25. The lowest BCUT2D eigenvalue weighted by molar-refractivity contribution is 0.250. The van der Waals surface area contributed by atoms with Crippen molar-refractivity contribution in [2.24, 2.45) is 11.7 Å². The second-order valence-electron chi connectivity index (χ2n) is 5.05. The Morgan fingerprint density at radius 2 is 1.75 bits per heavy atom. The van der Waals surface area contributed by atoms with E-state index in [9.17, 15) is 8.42 Å². The molecular weight excluding hydrogens is 364 g/mol. The fraction of sp³-hybridized carbons (Fsp3) is 0.538. The smallest absolute Gasteiger partial charge is 0.243 e. The number of benzene rings is 1. The van der Waals surface area contributed by atoms with Crippen molar-refractivity contribution in [3.63, 3.8) is 0 Å². The van der Waals surface area contributed by atoms with Gasteiger partial charge in [-0.05, 0) is 49.9 Å². The van der Waals surface area contributed by atoms with E-state index in [0.717, 1.165) is 17.3 Å². The molecule has 1 aliphatic heterocycles. The van der Waals surface area contributed by atoms with Gasteiger partial charge in [0, 0.05) is 23.6 Å². The lowest BCUT2D eigenvalue weighted by atomic mass is 9.92. The van der Waals surface area contributed by atoms with Gasteiger partial charge in [0.15, 0.2) is 0 Å². The molecule has 1 aliphatic rings. The van der Waals surface area contributed by atoms with Crippen LogP contribution >= 0.6 is 28.3 Å². The third kappa shape index (κ3) is 3.95. The summed E-state index contributed by atoms with van der Waals surface area (Å²) >= 11 is 3.31. The highest BCUT2D eigenvalue weighted by molar-refractivity contribution is 9.10. The van der Waals surface area contributed by atoms with Crippen LogP contribution in [0, 0.1) is 5.92 Å². The molecule has 0 bridgehead atoms. The van der Waals surface area contributed by atoms with Crippen LogP contribution in [0.25, 0.3) is 0 Å². The van der Waals surface area contributed by atoms with Gasteiger partial charge in [0.1, 0.15) is 0 Å². The molecule has 114 valence electrons. The minimum atomic E-state index is -3.36. The summed E-state index contributed by atoms with van der Waals surface area (Å²) in [4.78, 5) is 0.356. The summed E-state index contributed by atoms with van der Waals surface area (Å²) in [6.45, 7) is 3.11. The van der Waals surface area contributed by atoms with Gasteiger partial charge >= 0.3 is 0 Å². The Bertz CT molecular complexity index is 526. The monoisotopic (exact) mass is 382 g/mol. The second kappa shape index (κ2) is 7.22. The van der Waals surface area contributed by atoms with Crippen molar-refractivity contribution in [2.45, 2.75) is 30.7 Å². The van der Waals surface area contributed by atoms with E-state index < -0.39 is 10.0 Å². The fourth-order valence-corrected chi connectivity index (χ4v) is 4.13. The third-order valence-corrected chi connectivity index (χ3v) is 6.14. The standard InChI is InChI=1S/C13H19BrN2O2S.ClH/c1-10(15)11-6-8-16(9-7-11)19(17,18)13-4-2-12(14)3-5-13;/h2-5,10-11H,6-9,15H2,1H3;1H. The summed E-state index contributed by atoms with van der Waals surface area (Å²) in [6, 6.07) is 6.91. The normalized spacial score (nSPS) is 19.4. The number of nitrogens with two attached hydrogens (primary N) is 1. The molecule has 1 unspecified atom stereocenters. The molecule has 0 aliphatic carbocycles. The Morgan fingerprint density at radius 3 is 2.20 bits per heavy atom. The van der Waals surface area contributed by atoms with Crippen molar-refractivity contribution in [1.29, 1.82) is 0 Å². The zero-order chi connectivity index (χ0) is 14.0. The fourth-order valence-electron chi connectivity index (χ4n) is 2.40. The summed E-state index contributed by atoms with van der Waals surface area (Å²) in [5.74, 6) is 0.427. The van der Waals surface area contributed by atoms with E-state index >= 15 is 0 Å². The average Bonchev–Trinajstić information content (AvgIpc) is 2.39. The van der Waals surface area contributed by atoms with Crippen molar-refractivity contribution in [1.82, 2.24) is 4.31 Å². The summed E-state index contributed by atoms with van der Waals surface area (Å²) in [5, 5.41) is 0. The number of halogens is 2. The predicted octanol–water partition coefficient (Wildman–Crippen LogP) is 2.62. The van der Waals surface area contributed by atoms with Crippen molar-refractivity contribution < 1.29 is 8.42 Å². The molecule has 0 spiro atoms. The van der Waals surface area contributed by atoms with Gasteiger partial charge < -0.3 is 5.73 Å². The van der Waals surface area contributed by atoms with Crippen molar-refractivity contribution in [2.75, 3.05) is 13.1 Å². The van der Waals surface area contributed by atoms with Gasteiger partial charge in [-0.1, -0.05) is 15.9 Å². The molecule has 0 saturated carbocycles. The number of sulfonamides is 1. The molecule has 1 atom stereocenters. The van der Waals surface area contributed by atoms with Crippen LogP contribution < -0.4 is 5.73 Å². The molecule has 4 nitrogen and oxygen atoms in total. The Labute approximate surface area is 135 Å². The van der Waals surface area contributed by atoms with Gasteiger partial charge in [0.05, 0.1) is 4.90 Å². The Balaban J connectivity index is 0.00000200. The van der Waals surface area contributed by atoms with E-state index in [1.165, 1.54) is 0 Å². The maximum absolute atomic E-state index is 12.5. The molecule has 0 aromatic heterocycles. The van der Waals surface area contributed by atoms with Crippen LogP contribution in [0.15, 0.2) is 33.6 Å². The summed E-state index contributed by atoms with van der Waals surface area (Å²) in [7, 11) is -3.36. The molecular formula is C13H20BrClN2O2S. The maximum Gasteiger partial charge on any atom is 0.243 e. The number of nitrogens with zero attached hydrogens (tertiary/aromatic N) is 1. The van der Waals surface area contributed by atoms with Crippen molar-refractivity contribution in [3.8, 4) is 0 Å². The highest BCUT2D eigenvalue weighted by atomic mass is 79.9. The van der Waals surface area contributed by atoms with Gasteiger partial charge in [-0.15, -0.1) is 12.4 Å². The highest BCUT2D eigenvalue weighted by Gasteiger charge is 2.30. The first-order chi connectivity index (χ1) is 8.91. The van der Waals surface area contributed by atoms with E-state index in [2.05, 4.69) is 15.9 Å². The molecule has 20 heavy (non-hydrogen) atoms. The first-order valence-electron chi connectivity index (χ1n) is 6.42. The molecule has 1 heterocycles. The molecule has 0 radical (unpaired) electrons. The molecule has 0 amide bonds. The van der Waals surface area contributed by atoms with Crippen LogP contribution in [-0.4, -0.2) is 31.9 Å². The van der Waals surface area contributed by atoms with E-state index in [1.54, 1.807) is 28.6 Å². The number of rotatable bonds is 3. The molecule has 2 rings (SSSR count). The van der Waals surface area contributed by atoms with Gasteiger partial charge in [-0.2, -0.15) is 4.31 Å². The SMILES string of the molecule is CC(N)C1CCN(S(=O)(=O)c2ccc(Br)cc2)CC1.Cl.